The topological polar surface area (TPSA) is 96.3 Å². The van der Waals surface area contributed by atoms with Crippen LogP contribution in [0.1, 0.15) is 28.3 Å². The van der Waals surface area contributed by atoms with E-state index in [1.54, 1.807) is 11.0 Å². The lowest BCUT2D eigenvalue weighted by Crippen LogP contribution is -2.51. The lowest BCUT2D eigenvalue weighted by molar-refractivity contribution is -0.130. The fraction of sp³-hybridized carbons (Fsp3) is 0.300. The Morgan fingerprint density at radius 1 is 1.17 bits per heavy atom. The molecule has 3 aromatic rings. The molecule has 0 saturated carbocycles. The highest BCUT2D eigenvalue weighted by Crippen LogP contribution is 2.22. The van der Waals surface area contributed by atoms with Crippen molar-refractivity contribution >= 4 is 40.1 Å². The monoisotopic (exact) mass is 411 g/mol. The molecule has 9 heteroatoms. The number of hydrazine groups is 1. The molecule has 150 valence electrons. The van der Waals surface area contributed by atoms with Crippen LogP contribution in [0, 0.1) is 0 Å². The number of carbonyl (C=O) groups is 3. The summed E-state index contributed by atoms with van der Waals surface area (Å²) in [6, 6.07) is 10.6. The summed E-state index contributed by atoms with van der Waals surface area (Å²) in [5.74, 6) is -0.298. The Balaban J connectivity index is 1.35. The molecular weight excluding hydrogens is 390 g/mol. The van der Waals surface area contributed by atoms with Crippen molar-refractivity contribution in [3.05, 3.63) is 52.5 Å². The van der Waals surface area contributed by atoms with Crippen LogP contribution in [0.15, 0.2) is 41.8 Å². The molecular formula is C20H21N5O3S. The summed E-state index contributed by atoms with van der Waals surface area (Å²) in [6.07, 6.45) is 1.36. The molecule has 2 aromatic heterocycles. The summed E-state index contributed by atoms with van der Waals surface area (Å²) in [7, 11) is 1.85. The number of nitrogens with one attached hydrogen (secondary N) is 2. The SMILES string of the molecule is Cn1c(CC(=O)NNC(=O)C2CCCN2C(=O)c2cccs2)nc2ccccc21. The molecule has 0 spiro atoms. The van der Waals surface area contributed by atoms with E-state index in [2.05, 4.69) is 15.8 Å². The first-order valence-corrected chi connectivity index (χ1v) is 10.3. The zero-order valence-electron chi connectivity index (χ0n) is 15.9. The number of hydrogen-bond acceptors (Lipinski definition) is 5. The predicted molar refractivity (Wildman–Crippen MR) is 109 cm³/mol. The van der Waals surface area contributed by atoms with Crippen LogP contribution < -0.4 is 10.9 Å². The van der Waals surface area contributed by atoms with Gasteiger partial charge in [0.25, 0.3) is 11.8 Å². The zero-order valence-corrected chi connectivity index (χ0v) is 16.7. The van der Waals surface area contributed by atoms with Crippen LogP contribution in [0.5, 0.6) is 0 Å². The summed E-state index contributed by atoms with van der Waals surface area (Å²) >= 11 is 1.35. The Labute approximate surface area is 171 Å². The fourth-order valence-electron chi connectivity index (χ4n) is 3.58. The molecule has 1 atom stereocenters. The number of fused-ring (bicyclic) bond motifs is 1. The van der Waals surface area contributed by atoms with Gasteiger partial charge in [-0.15, -0.1) is 11.3 Å². The van der Waals surface area contributed by atoms with Gasteiger partial charge in [-0.1, -0.05) is 18.2 Å². The Morgan fingerprint density at radius 3 is 2.76 bits per heavy atom. The smallest absolute Gasteiger partial charge is 0.264 e. The van der Waals surface area contributed by atoms with Gasteiger partial charge in [0.15, 0.2) is 0 Å². The van der Waals surface area contributed by atoms with Gasteiger partial charge in [-0.3, -0.25) is 25.2 Å². The number of amides is 3. The number of hydrogen-bond donors (Lipinski definition) is 2. The van der Waals surface area contributed by atoms with Crippen LogP contribution in [0.3, 0.4) is 0 Å². The van der Waals surface area contributed by atoms with Crippen molar-refractivity contribution in [2.75, 3.05) is 6.54 Å². The van der Waals surface area contributed by atoms with Gasteiger partial charge in [0.1, 0.15) is 11.9 Å². The van der Waals surface area contributed by atoms with Crippen molar-refractivity contribution < 1.29 is 14.4 Å². The maximum atomic E-state index is 12.6. The van der Waals surface area contributed by atoms with Crippen LogP contribution >= 0.6 is 11.3 Å². The van der Waals surface area contributed by atoms with E-state index >= 15 is 0 Å². The molecule has 1 aromatic carbocycles. The second-order valence-electron chi connectivity index (χ2n) is 6.92. The number of rotatable bonds is 4. The van der Waals surface area contributed by atoms with Crippen LogP contribution in [-0.2, 0) is 23.1 Å². The predicted octanol–water partition coefficient (Wildman–Crippen LogP) is 1.63. The van der Waals surface area contributed by atoms with Crippen molar-refractivity contribution in [1.82, 2.24) is 25.3 Å². The molecule has 0 radical (unpaired) electrons. The minimum atomic E-state index is -0.583. The van der Waals surface area contributed by atoms with Gasteiger partial charge >= 0.3 is 0 Å². The Morgan fingerprint density at radius 2 is 2.00 bits per heavy atom. The lowest BCUT2D eigenvalue weighted by atomic mass is 10.2. The van der Waals surface area contributed by atoms with Crippen molar-refractivity contribution in [1.29, 1.82) is 0 Å². The molecule has 0 bridgehead atoms. The molecule has 0 aliphatic carbocycles. The average Bonchev–Trinajstić information content (AvgIpc) is 3.47. The second-order valence-corrected chi connectivity index (χ2v) is 7.87. The Bertz CT molecular complexity index is 1060. The molecule has 4 rings (SSSR count). The van der Waals surface area contributed by atoms with Gasteiger partial charge in [0, 0.05) is 13.6 Å². The fourth-order valence-corrected chi connectivity index (χ4v) is 4.26. The standard InChI is InChI=1S/C20H21N5O3S/c1-24-14-7-3-2-6-13(14)21-17(24)12-18(26)22-23-19(27)15-8-4-10-25(15)20(28)16-9-5-11-29-16/h2-3,5-7,9,11,15H,4,8,10,12H2,1H3,(H,22,26)(H,23,27). The number of aromatic nitrogens is 2. The number of imidazole rings is 1. The van der Waals surface area contributed by atoms with Crippen molar-refractivity contribution in [3.63, 3.8) is 0 Å². The average molecular weight is 411 g/mol. The summed E-state index contributed by atoms with van der Waals surface area (Å²) in [6.45, 7) is 0.530. The quantitative estimate of drug-likeness (QED) is 0.638. The molecule has 29 heavy (non-hydrogen) atoms. The number of nitrogens with zero attached hydrogens (tertiary/aromatic N) is 3. The Hall–Kier alpha value is -3.20. The van der Waals surface area contributed by atoms with E-state index in [-0.39, 0.29) is 24.1 Å². The number of likely N-dealkylation sites (tertiary alicyclic amines) is 1. The second kappa shape index (κ2) is 8.04. The van der Waals surface area contributed by atoms with E-state index in [4.69, 9.17) is 0 Å². The van der Waals surface area contributed by atoms with Crippen molar-refractivity contribution in [3.8, 4) is 0 Å². The van der Waals surface area contributed by atoms with Crippen LogP contribution in [0.2, 0.25) is 0 Å². The first-order valence-electron chi connectivity index (χ1n) is 9.38. The third kappa shape index (κ3) is 3.86. The highest BCUT2D eigenvalue weighted by atomic mass is 32.1. The van der Waals surface area contributed by atoms with E-state index in [9.17, 15) is 14.4 Å². The highest BCUT2D eigenvalue weighted by Gasteiger charge is 2.35. The molecule has 1 unspecified atom stereocenters. The van der Waals surface area contributed by atoms with Crippen LogP contribution in [-0.4, -0.2) is 44.8 Å². The van der Waals surface area contributed by atoms with E-state index in [0.717, 1.165) is 17.5 Å². The minimum absolute atomic E-state index is 0.0357. The molecule has 2 N–H and O–H groups in total. The summed E-state index contributed by atoms with van der Waals surface area (Å²) < 4.78 is 1.86. The molecule has 1 aliphatic heterocycles. The summed E-state index contributed by atoms with van der Waals surface area (Å²) in [5.41, 5.74) is 6.66. The number of thiophene rings is 1. The van der Waals surface area contributed by atoms with Gasteiger partial charge in [0.05, 0.1) is 22.3 Å². The van der Waals surface area contributed by atoms with Gasteiger partial charge in [-0.25, -0.2) is 4.98 Å². The third-order valence-electron chi connectivity index (χ3n) is 5.07. The number of benzene rings is 1. The van der Waals surface area contributed by atoms with Crippen LogP contribution in [0.25, 0.3) is 11.0 Å². The molecule has 3 heterocycles. The normalized spacial score (nSPS) is 16.2. The van der Waals surface area contributed by atoms with Gasteiger partial charge < -0.3 is 9.47 Å². The van der Waals surface area contributed by atoms with Gasteiger partial charge in [0.2, 0.25) is 5.91 Å². The number of para-hydroxylation sites is 2. The summed E-state index contributed by atoms with van der Waals surface area (Å²) in [4.78, 5) is 44.1. The van der Waals surface area contributed by atoms with Gasteiger partial charge in [-0.05, 0) is 36.4 Å². The number of aryl methyl sites for hydroxylation is 1. The van der Waals surface area contributed by atoms with Crippen LogP contribution in [0.4, 0.5) is 0 Å². The van der Waals surface area contributed by atoms with Crippen molar-refractivity contribution in [2.45, 2.75) is 25.3 Å². The lowest BCUT2D eigenvalue weighted by Gasteiger charge is -2.23. The van der Waals surface area contributed by atoms with E-state index in [1.807, 2.05) is 47.3 Å². The van der Waals surface area contributed by atoms with Gasteiger partial charge in [-0.2, -0.15) is 0 Å². The largest absolute Gasteiger partial charge is 0.331 e. The molecule has 1 aliphatic rings. The molecule has 1 saturated heterocycles. The summed E-state index contributed by atoms with van der Waals surface area (Å²) in [5, 5.41) is 1.83. The van der Waals surface area contributed by atoms with E-state index in [1.165, 1.54) is 11.3 Å². The van der Waals surface area contributed by atoms with Crippen molar-refractivity contribution in [2.24, 2.45) is 7.05 Å². The Kier molecular flexibility index (Phi) is 5.30. The minimum Gasteiger partial charge on any atom is -0.331 e. The molecule has 8 nitrogen and oxygen atoms in total. The molecule has 1 fully saturated rings. The molecule has 3 amide bonds. The first kappa shape index (κ1) is 19.1. The highest BCUT2D eigenvalue weighted by molar-refractivity contribution is 7.12. The number of carbonyl (C=O) groups excluding carboxylic acids is 3. The van der Waals surface area contributed by atoms with E-state index < -0.39 is 6.04 Å². The first-order chi connectivity index (χ1) is 14.0. The third-order valence-corrected chi connectivity index (χ3v) is 5.93. The van der Waals surface area contributed by atoms with E-state index in [0.29, 0.717) is 23.7 Å². The maximum Gasteiger partial charge on any atom is 0.264 e. The maximum absolute atomic E-state index is 12.6. The zero-order chi connectivity index (χ0) is 20.4.